The molecule has 6 nitrogen and oxygen atoms in total. The first-order valence-electron chi connectivity index (χ1n) is 9.74. The van der Waals surface area contributed by atoms with E-state index in [9.17, 15) is 9.59 Å². The van der Waals surface area contributed by atoms with Crippen LogP contribution in [-0.2, 0) is 16.8 Å². The number of nitrogens with one attached hydrogen (secondary N) is 1. The smallest absolute Gasteiger partial charge is 0.253 e. The van der Waals surface area contributed by atoms with Crippen molar-refractivity contribution < 1.29 is 9.59 Å². The fourth-order valence-electron chi connectivity index (χ4n) is 4.50. The Morgan fingerprint density at radius 3 is 2.52 bits per heavy atom. The van der Waals surface area contributed by atoms with Crippen LogP contribution in [0.4, 0.5) is 0 Å². The van der Waals surface area contributed by atoms with Crippen LogP contribution in [0.25, 0.3) is 0 Å². The second-order valence-corrected chi connectivity index (χ2v) is 7.57. The van der Waals surface area contributed by atoms with Crippen molar-refractivity contribution in [3.05, 3.63) is 53.1 Å². The van der Waals surface area contributed by atoms with Crippen LogP contribution in [0.5, 0.6) is 0 Å². The minimum atomic E-state index is -0.384. The van der Waals surface area contributed by atoms with Gasteiger partial charge in [0.1, 0.15) is 0 Å². The normalized spacial score (nSPS) is 18.4. The minimum absolute atomic E-state index is 0.0660. The summed E-state index contributed by atoms with van der Waals surface area (Å²) in [5.41, 5.74) is 3.62. The molecule has 27 heavy (non-hydrogen) atoms. The molecule has 2 aromatic rings. The Kier molecular flexibility index (Phi) is 4.50. The quantitative estimate of drug-likeness (QED) is 0.888. The van der Waals surface area contributed by atoms with E-state index in [2.05, 4.69) is 9.97 Å². The van der Waals surface area contributed by atoms with Crippen molar-refractivity contribution in [2.45, 2.75) is 45.1 Å². The van der Waals surface area contributed by atoms with Gasteiger partial charge in [0.15, 0.2) is 0 Å². The van der Waals surface area contributed by atoms with Crippen molar-refractivity contribution in [3.63, 3.8) is 0 Å². The highest BCUT2D eigenvalue weighted by molar-refractivity contribution is 5.94. The van der Waals surface area contributed by atoms with Crippen molar-refractivity contribution in [2.75, 3.05) is 19.6 Å². The number of H-pyrrole nitrogens is 1. The van der Waals surface area contributed by atoms with Gasteiger partial charge in [0, 0.05) is 43.7 Å². The Hall–Kier alpha value is -2.63. The fraction of sp³-hybridized carbons (Fsp3) is 0.476. The van der Waals surface area contributed by atoms with Gasteiger partial charge in [-0.2, -0.15) is 0 Å². The van der Waals surface area contributed by atoms with Gasteiger partial charge in [0.2, 0.25) is 5.91 Å². The first kappa shape index (κ1) is 17.8. The number of hydrogen-bond donors (Lipinski definition) is 1. The van der Waals surface area contributed by atoms with E-state index in [-0.39, 0.29) is 17.4 Å². The number of aromatic amines is 1. The average molecular weight is 366 g/mol. The Morgan fingerprint density at radius 1 is 1.15 bits per heavy atom. The summed E-state index contributed by atoms with van der Waals surface area (Å²) in [5, 5.41) is 0. The van der Waals surface area contributed by atoms with Gasteiger partial charge in [-0.1, -0.05) is 24.6 Å². The molecule has 1 aromatic carbocycles. The summed E-state index contributed by atoms with van der Waals surface area (Å²) in [6.07, 6.45) is 4.50. The van der Waals surface area contributed by atoms with E-state index in [0.717, 1.165) is 41.8 Å². The largest absolute Gasteiger partial charge is 0.348 e. The lowest BCUT2D eigenvalue weighted by Crippen LogP contribution is -2.58. The first-order valence-corrected chi connectivity index (χ1v) is 9.74. The number of likely N-dealkylation sites (tertiary alicyclic amines) is 1. The Bertz CT molecular complexity index is 847. The highest BCUT2D eigenvalue weighted by Gasteiger charge is 2.48. The van der Waals surface area contributed by atoms with E-state index in [0.29, 0.717) is 26.1 Å². The molecule has 1 aromatic heterocycles. The molecule has 0 unspecified atom stereocenters. The molecule has 2 aliphatic heterocycles. The molecular weight excluding hydrogens is 340 g/mol. The molecule has 1 fully saturated rings. The lowest BCUT2D eigenvalue weighted by atomic mass is 9.78. The summed E-state index contributed by atoms with van der Waals surface area (Å²) in [6.45, 7) is 5.90. The molecule has 1 saturated heterocycles. The average Bonchev–Trinajstić information content (AvgIpc) is 3.18. The van der Waals surface area contributed by atoms with E-state index >= 15 is 0 Å². The maximum Gasteiger partial charge on any atom is 0.253 e. The number of benzene rings is 1. The standard InChI is InChI=1S/C21H26N4O2/c1-3-18(26)25-11-8-17-19(23-14-22-17)21(25)9-12-24(13-10-21)20(27)16-6-4-15(2)5-7-16/h4-7,14H,3,8-13H2,1-2H3,(H,22,23). The number of aromatic nitrogens is 2. The highest BCUT2D eigenvalue weighted by Crippen LogP contribution is 2.42. The van der Waals surface area contributed by atoms with Gasteiger partial charge in [-0.05, 0) is 31.9 Å². The third-order valence-corrected chi connectivity index (χ3v) is 6.04. The number of carbonyl (C=O) groups is 2. The van der Waals surface area contributed by atoms with E-state index in [1.807, 2.05) is 47.9 Å². The van der Waals surface area contributed by atoms with Crippen molar-refractivity contribution in [1.29, 1.82) is 0 Å². The van der Waals surface area contributed by atoms with Crippen LogP contribution >= 0.6 is 0 Å². The van der Waals surface area contributed by atoms with Crippen LogP contribution in [0, 0.1) is 6.92 Å². The fourth-order valence-corrected chi connectivity index (χ4v) is 4.50. The molecule has 0 radical (unpaired) electrons. The van der Waals surface area contributed by atoms with Gasteiger partial charge >= 0.3 is 0 Å². The number of amides is 2. The van der Waals surface area contributed by atoms with E-state index in [1.165, 1.54) is 0 Å². The van der Waals surface area contributed by atoms with Gasteiger partial charge in [-0.15, -0.1) is 0 Å². The molecule has 142 valence electrons. The molecule has 1 spiro atoms. The lowest BCUT2D eigenvalue weighted by Gasteiger charge is -2.50. The summed E-state index contributed by atoms with van der Waals surface area (Å²) in [6, 6.07) is 7.72. The number of piperidine rings is 1. The van der Waals surface area contributed by atoms with Gasteiger partial charge in [0.05, 0.1) is 17.6 Å². The van der Waals surface area contributed by atoms with Crippen LogP contribution in [0.1, 0.15) is 53.5 Å². The lowest BCUT2D eigenvalue weighted by molar-refractivity contribution is -0.141. The Labute approximate surface area is 159 Å². The summed E-state index contributed by atoms with van der Waals surface area (Å²) in [5.74, 6) is 0.234. The van der Waals surface area contributed by atoms with Gasteiger partial charge in [-0.3, -0.25) is 9.59 Å². The van der Waals surface area contributed by atoms with Crippen LogP contribution < -0.4 is 0 Å². The van der Waals surface area contributed by atoms with Crippen molar-refractivity contribution in [3.8, 4) is 0 Å². The molecule has 2 amide bonds. The number of rotatable bonds is 2. The number of nitrogens with zero attached hydrogens (tertiary/aromatic N) is 3. The SMILES string of the molecule is CCC(=O)N1CCc2[nH]cnc2C12CCN(C(=O)c1ccc(C)cc1)CC2. The van der Waals surface area contributed by atoms with Gasteiger partial charge in [0.25, 0.3) is 5.91 Å². The van der Waals surface area contributed by atoms with Crippen molar-refractivity contribution >= 4 is 11.8 Å². The van der Waals surface area contributed by atoms with Crippen LogP contribution in [-0.4, -0.2) is 51.2 Å². The zero-order valence-corrected chi connectivity index (χ0v) is 16.0. The third-order valence-electron chi connectivity index (χ3n) is 6.04. The second kappa shape index (κ2) is 6.83. The summed E-state index contributed by atoms with van der Waals surface area (Å²) in [7, 11) is 0. The van der Waals surface area contributed by atoms with E-state index in [4.69, 9.17) is 0 Å². The van der Waals surface area contributed by atoms with Gasteiger partial charge in [-0.25, -0.2) is 4.98 Å². The van der Waals surface area contributed by atoms with Crippen LogP contribution in [0.3, 0.4) is 0 Å². The number of aryl methyl sites for hydroxylation is 1. The zero-order valence-electron chi connectivity index (χ0n) is 16.0. The molecule has 1 N–H and O–H groups in total. The predicted octanol–water partition coefficient (Wildman–Crippen LogP) is 2.64. The monoisotopic (exact) mass is 366 g/mol. The van der Waals surface area contributed by atoms with Crippen LogP contribution in [0.15, 0.2) is 30.6 Å². The number of fused-ring (bicyclic) bond motifs is 2. The number of hydrogen-bond acceptors (Lipinski definition) is 3. The molecule has 3 heterocycles. The molecule has 6 heteroatoms. The maximum absolute atomic E-state index is 12.9. The second-order valence-electron chi connectivity index (χ2n) is 7.57. The molecular formula is C21H26N4O2. The van der Waals surface area contributed by atoms with Crippen LogP contribution in [0.2, 0.25) is 0 Å². The van der Waals surface area contributed by atoms with E-state index in [1.54, 1.807) is 6.33 Å². The molecule has 2 aliphatic rings. The molecule has 0 bridgehead atoms. The van der Waals surface area contributed by atoms with Crippen molar-refractivity contribution in [2.24, 2.45) is 0 Å². The van der Waals surface area contributed by atoms with Gasteiger partial charge < -0.3 is 14.8 Å². The molecule has 4 rings (SSSR count). The number of carbonyl (C=O) groups excluding carboxylic acids is 2. The number of imidazole rings is 1. The molecule has 0 aliphatic carbocycles. The highest BCUT2D eigenvalue weighted by atomic mass is 16.2. The molecule has 0 atom stereocenters. The maximum atomic E-state index is 12.9. The van der Waals surface area contributed by atoms with Crippen molar-refractivity contribution in [1.82, 2.24) is 19.8 Å². The topological polar surface area (TPSA) is 69.3 Å². The van der Waals surface area contributed by atoms with E-state index < -0.39 is 0 Å². The predicted molar refractivity (Wildman–Crippen MR) is 102 cm³/mol. The summed E-state index contributed by atoms with van der Waals surface area (Å²) in [4.78, 5) is 37.3. The Morgan fingerprint density at radius 2 is 1.85 bits per heavy atom. The first-order chi connectivity index (χ1) is 13.0. The molecule has 0 saturated carbocycles. The third kappa shape index (κ3) is 2.93. The Balaban J connectivity index is 1.58. The summed E-state index contributed by atoms with van der Waals surface area (Å²) >= 11 is 0. The zero-order chi connectivity index (χ0) is 19.0. The summed E-state index contributed by atoms with van der Waals surface area (Å²) < 4.78 is 0. The minimum Gasteiger partial charge on any atom is -0.348 e.